The molecule has 142 valence electrons. The van der Waals surface area contributed by atoms with Crippen LogP contribution in [0.15, 0.2) is 60.3 Å². The summed E-state index contributed by atoms with van der Waals surface area (Å²) in [4.78, 5) is 16.6. The summed E-state index contributed by atoms with van der Waals surface area (Å²) in [5, 5.41) is 6.73. The predicted octanol–water partition coefficient (Wildman–Crippen LogP) is 4.68. The molecule has 0 fully saturated rings. The van der Waals surface area contributed by atoms with E-state index in [1.165, 1.54) is 7.11 Å². The minimum Gasteiger partial charge on any atom is -0.489 e. The second kappa shape index (κ2) is 10.0. The number of anilines is 1. The number of hydrogen-bond donors (Lipinski definition) is 1. The first-order valence-electron chi connectivity index (χ1n) is 8.49. The van der Waals surface area contributed by atoms with Crippen LogP contribution in [0, 0.1) is 6.92 Å². The predicted molar refractivity (Wildman–Crippen MR) is 106 cm³/mol. The molecule has 0 bridgehead atoms. The van der Waals surface area contributed by atoms with Crippen molar-refractivity contribution in [1.82, 2.24) is 0 Å². The average Bonchev–Trinajstić information content (AvgIpc) is 2.68. The van der Waals surface area contributed by atoms with Gasteiger partial charge in [-0.3, -0.25) is 5.32 Å². The molecule has 0 spiro atoms. The molecule has 27 heavy (non-hydrogen) atoms. The first-order chi connectivity index (χ1) is 13.0. The molecule has 6 heteroatoms. The first-order valence-corrected chi connectivity index (χ1v) is 8.49. The molecule has 0 unspecified atom stereocenters. The van der Waals surface area contributed by atoms with Crippen LogP contribution in [0.25, 0.3) is 0 Å². The lowest BCUT2D eigenvalue weighted by Gasteiger charge is -2.13. The second-order valence-corrected chi connectivity index (χ2v) is 5.80. The van der Waals surface area contributed by atoms with Gasteiger partial charge in [-0.15, -0.1) is 0 Å². The Morgan fingerprint density at radius 2 is 2.04 bits per heavy atom. The lowest BCUT2D eigenvalue weighted by atomic mass is 10.1. The van der Waals surface area contributed by atoms with Crippen molar-refractivity contribution in [2.75, 3.05) is 19.0 Å². The molecule has 2 aromatic rings. The third-order valence-electron chi connectivity index (χ3n) is 3.81. The Morgan fingerprint density at radius 3 is 2.74 bits per heavy atom. The monoisotopic (exact) mass is 368 g/mol. The fourth-order valence-corrected chi connectivity index (χ4v) is 2.36. The maximum absolute atomic E-state index is 11.5. The van der Waals surface area contributed by atoms with Crippen LogP contribution in [0.3, 0.4) is 0 Å². The molecule has 2 rings (SSSR count). The fraction of sp³-hybridized carbons (Fsp3) is 0.238. The van der Waals surface area contributed by atoms with Crippen LogP contribution >= 0.6 is 0 Å². The summed E-state index contributed by atoms with van der Waals surface area (Å²) in [7, 11) is 1.33. The largest absolute Gasteiger partial charge is 0.489 e. The molecular formula is C21H24N2O4. The first kappa shape index (κ1) is 20.0. The van der Waals surface area contributed by atoms with Crippen molar-refractivity contribution in [1.29, 1.82) is 0 Å². The Morgan fingerprint density at radius 1 is 1.26 bits per heavy atom. The number of rotatable bonds is 8. The Labute approximate surface area is 159 Å². The molecule has 0 heterocycles. The van der Waals surface area contributed by atoms with Crippen LogP contribution in [0.1, 0.15) is 23.6 Å². The Bertz CT molecular complexity index is 831. The summed E-state index contributed by atoms with van der Waals surface area (Å²) in [6.07, 6.45) is 1.13. The van der Waals surface area contributed by atoms with Gasteiger partial charge < -0.3 is 14.3 Å². The lowest BCUT2D eigenvalue weighted by molar-refractivity contribution is 0.175. The minimum atomic E-state index is -0.517. The number of hydrogen-bond acceptors (Lipinski definition) is 5. The Hall–Kier alpha value is -3.28. The van der Waals surface area contributed by atoms with E-state index < -0.39 is 6.09 Å². The fourth-order valence-electron chi connectivity index (χ4n) is 2.36. The normalized spacial score (nSPS) is 10.9. The number of amides is 1. The van der Waals surface area contributed by atoms with E-state index in [2.05, 4.69) is 21.8 Å². The number of carbonyl (C=O) groups is 1. The number of para-hydroxylation sites is 1. The Balaban J connectivity index is 2.08. The van der Waals surface area contributed by atoms with Gasteiger partial charge in [0.25, 0.3) is 0 Å². The van der Waals surface area contributed by atoms with Crippen molar-refractivity contribution < 1.29 is 19.1 Å². The smallest absolute Gasteiger partial charge is 0.411 e. The van der Waals surface area contributed by atoms with Gasteiger partial charge in [-0.1, -0.05) is 36.0 Å². The van der Waals surface area contributed by atoms with E-state index in [9.17, 15) is 4.79 Å². The van der Waals surface area contributed by atoms with Gasteiger partial charge in [0.15, 0.2) is 0 Å². The highest BCUT2D eigenvalue weighted by atomic mass is 16.6. The van der Waals surface area contributed by atoms with E-state index in [1.807, 2.05) is 50.2 Å². The van der Waals surface area contributed by atoms with Crippen LogP contribution in [-0.4, -0.2) is 25.5 Å². The molecule has 0 aliphatic rings. The zero-order valence-electron chi connectivity index (χ0n) is 15.8. The molecular weight excluding hydrogens is 344 g/mol. The summed E-state index contributed by atoms with van der Waals surface area (Å²) in [5.74, 6) is 0.756. The van der Waals surface area contributed by atoms with Crippen LogP contribution in [0.2, 0.25) is 0 Å². The van der Waals surface area contributed by atoms with Gasteiger partial charge in [-0.05, 0) is 49.2 Å². The van der Waals surface area contributed by atoms with Crippen LogP contribution in [0.5, 0.6) is 5.75 Å². The number of aryl methyl sites for hydroxylation is 1. The van der Waals surface area contributed by atoms with Crippen LogP contribution < -0.4 is 10.1 Å². The molecule has 0 aliphatic heterocycles. The summed E-state index contributed by atoms with van der Waals surface area (Å²) >= 11 is 0. The van der Waals surface area contributed by atoms with Gasteiger partial charge in [0.1, 0.15) is 19.0 Å². The molecule has 0 aliphatic carbocycles. The maximum atomic E-state index is 11.5. The third kappa shape index (κ3) is 5.88. The van der Waals surface area contributed by atoms with Crippen molar-refractivity contribution >= 4 is 17.5 Å². The highest BCUT2D eigenvalue weighted by molar-refractivity contribution is 5.98. The van der Waals surface area contributed by atoms with Gasteiger partial charge in [0.05, 0.1) is 18.5 Å². The van der Waals surface area contributed by atoms with Crippen LogP contribution in [-0.2, 0) is 16.2 Å². The molecule has 1 amide bonds. The quantitative estimate of drug-likeness (QED) is 0.318. The van der Waals surface area contributed by atoms with E-state index in [4.69, 9.17) is 9.57 Å². The molecule has 1 N–H and O–H groups in total. The SMILES string of the molecule is C=CCON=C(C)c1ccc(OCc2ccccc2NC(=O)OC)c(C)c1. The van der Waals surface area contributed by atoms with E-state index in [-0.39, 0.29) is 0 Å². The van der Waals surface area contributed by atoms with Crippen molar-refractivity contribution in [2.45, 2.75) is 20.5 Å². The van der Waals surface area contributed by atoms with Crippen LogP contribution in [0.4, 0.5) is 10.5 Å². The summed E-state index contributed by atoms with van der Waals surface area (Å²) in [6.45, 7) is 8.12. The highest BCUT2D eigenvalue weighted by Crippen LogP contribution is 2.23. The highest BCUT2D eigenvalue weighted by Gasteiger charge is 2.09. The van der Waals surface area contributed by atoms with Gasteiger partial charge >= 0.3 is 6.09 Å². The maximum Gasteiger partial charge on any atom is 0.411 e. The topological polar surface area (TPSA) is 69.2 Å². The molecule has 6 nitrogen and oxygen atoms in total. The van der Waals surface area contributed by atoms with Gasteiger partial charge in [0, 0.05) is 5.56 Å². The number of nitrogens with zero attached hydrogens (tertiary/aromatic N) is 1. The Kier molecular flexibility index (Phi) is 7.43. The zero-order chi connectivity index (χ0) is 19.6. The standard InChI is InChI=1S/C21H24N2O4/c1-5-12-27-23-16(3)17-10-11-20(15(2)13-17)26-14-18-8-6-7-9-19(18)22-21(24)25-4/h5-11,13H,1,12,14H2,2-4H3,(H,22,24). The van der Waals surface area contributed by atoms with Crippen molar-refractivity contribution in [3.8, 4) is 5.75 Å². The second-order valence-electron chi connectivity index (χ2n) is 5.80. The summed E-state index contributed by atoms with van der Waals surface area (Å²) in [5.41, 5.74) is 4.21. The van der Waals surface area contributed by atoms with E-state index in [0.29, 0.717) is 18.9 Å². The number of oxime groups is 1. The number of ether oxygens (including phenoxy) is 2. The minimum absolute atomic E-state index is 0.315. The average molecular weight is 368 g/mol. The van der Waals surface area contributed by atoms with E-state index in [0.717, 1.165) is 28.2 Å². The van der Waals surface area contributed by atoms with E-state index in [1.54, 1.807) is 12.1 Å². The van der Waals surface area contributed by atoms with Crippen molar-refractivity contribution in [2.24, 2.45) is 5.16 Å². The molecule has 0 saturated heterocycles. The number of carbonyl (C=O) groups excluding carboxylic acids is 1. The van der Waals surface area contributed by atoms with Gasteiger partial charge in [-0.2, -0.15) is 0 Å². The zero-order valence-corrected chi connectivity index (χ0v) is 15.8. The molecule has 0 atom stereocenters. The molecule has 2 aromatic carbocycles. The summed E-state index contributed by atoms with van der Waals surface area (Å²) < 4.78 is 10.6. The summed E-state index contributed by atoms with van der Waals surface area (Å²) in [6, 6.07) is 13.2. The van der Waals surface area contributed by atoms with Crippen molar-refractivity contribution in [3.05, 3.63) is 71.8 Å². The third-order valence-corrected chi connectivity index (χ3v) is 3.81. The molecule has 0 radical (unpaired) electrons. The van der Waals surface area contributed by atoms with Gasteiger partial charge in [0.2, 0.25) is 0 Å². The van der Waals surface area contributed by atoms with Gasteiger partial charge in [-0.25, -0.2) is 4.79 Å². The van der Waals surface area contributed by atoms with Crippen molar-refractivity contribution in [3.63, 3.8) is 0 Å². The number of nitrogens with one attached hydrogen (secondary N) is 1. The lowest BCUT2D eigenvalue weighted by Crippen LogP contribution is -2.13. The number of methoxy groups -OCH3 is 1. The van der Waals surface area contributed by atoms with E-state index >= 15 is 0 Å². The molecule has 0 saturated carbocycles. The molecule has 0 aromatic heterocycles. The number of benzene rings is 2.